The third-order valence-corrected chi connectivity index (χ3v) is 9.45. The molecule has 0 aliphatic carbocycles. The minimum Gasteiger partial charge on any atom is -0.452 e. The predicted molar refractivity (Wildman–Crippen MR) is 114 cm³/mol. The minimum atomic E-state index is -3.88. The van der Waals surface area contributed by atoms with E-state index in [1.54, 1.807) is 0 Å². The van der Waals surface area contributed by atoms with E-state index in [1.807, 2.05) is 6.92 Å². The summed E-state index contributed by atoms with van der Waals surface area (Å²) in [7, 11) is -7.03. The SMILES string of the molecule is CC1CCCN(S(=O)(=O)c2cc(C(=O)OCC(=O)NC3CCS(=O)(=O)C3)ccc2Cl)C1. The number of halogens is 1. The van der Waals surface area contributed by atoms with E-state index in [2.05, 4.69) is 5.32 Å². The van der Waals surface area contributed by atoms with Gasteiger partial charge in [-0.1, -0.05) is 18.5 Å². The molecule has 172 valence electrons. The summed E-state index contributed by atoms with van der Waals surface area (Å²) in [5, 5.41) is 2.51. The van der Waals surface area contributed by atoms with E-state index in [0.717, 1.165) is 18.9 Å². The number of hydrogen-bond acceptors (Lipinski definition) is 7. The van der Waals surface area contributed by atoms with Crippen LogP contribution in [0, 0.1) is 5.92 Å². The van der Waals surface area contributed by atoms with Crippen molar-refractivity contribution in [1.82, 2.24) is 9.62 Å². The van der Waals surface area contributed by atoms with Crippen LogP contribution in [0.4, 0.5) is 0 Å². The number of ether oxygens (including phenoxy) is 1. The van der Waals surface area contributed by atoms with Crippen molar-refractivity contribution in [2.45, 2.75) is 37.1 Å². The molecular formula is C19H25ClN2O7S2. The van der Waals surface area contributed by atoms with Gasteiger partial charge in [-0.05, 0) is 43.4 Å². The second kappa shape index (κ2) is 9.43. The summed E-state index contributed by atoms with van der Waals surface area (Å²) in [6.07, 6.45) is 2.01. The van der Waals surface area contributed by atoms with Gasteiger partial charge in [0.25, 0.3) is 5.91 Å². The lowest BCUT2D eigenvalue weighted by molar-refractivity contribution is -0.124. The molecule has 1 N–H and O–H groups in total. The third kappa shape index (κ3) is 5.97. The van der Waals surface area contributed by atoms with Crippen molar-refractivity contribution in [3.8, 4) is 0 Å². The van der Waals surface area contributed by atoms with Gasteiger partial charge < -0.3 is 10.1 Å². The number of carbonyl (C=O) groups is 2. The van der Waals surface area contributed by atoms with Crippen molar-refractivity contribution in [2.24, 2.45) is 5.92 Å². The summed E-state index contributed by atoms with van der Waals surface area (Å²) >= 11 is 6.12. The lowest BCUT2D eigenvalue weighted by Gasteiger charge is -2.30. The van der Waals surface area contributed by atoms with Crippen LogP contribution in [0.25, 0.3) is 0 Å². The van der Waals surface area contributed by atoms with Gasteiger partial charge in [0.1, 0.15) is 4.90 Å². The number of amides is 1. The number of nitrogens with one attached hydrogen (secondary N) is 1. The largest absolute Gasteiger partial charge is 0.452 e. The zero-order valence-corrected chi connectivity index (χ0v) is 19.4. The first-order valence-electron chi connectivity index (χ1n) is 9.94. The first kappa shape index (κ1) is 24.0. The van der Waals surface area contributed by atoms with Gasteiger partial charge in [-0.2, -0.15) is 4.31 Å². The van der Waals surface area contributed by atoms with E-state index in [9.17, 15) is 26.4 Å². The number of sulfone groups is 1. The summed E-state index contributed by atoms with van der Waals surface area (Å²) in [6, 6.07) is 3.28. The monoisotopic (exact) mass is 492 g/mol. The van der Waals surface area contributed by atoms with Crippen molar-refractivity contribution >= 4 is 43.3 Å². The molecule has 0 bridgehead atoms. The zero-order valence-electron chi connectivity index (χ0n) is 17.0. The molecule has 2 unspecified atom stereocenters. The van der Waals surface area contributed by atoms with E-state index < -0.39 is 44.4 Å². The minimum absolute atomic E-state index is 0.00466. The topological polar surface area (TPSA) is 127 Å². The normalized spacial score (nSPS) is 23.9. The molecule has 1 aromatic carbocycles. The van der Waals surface area contributed by atoms with Crippen LogP contribution < -0.4 is 5.32 Å². The highest BCUT2D eigenvalue weighted by Crippen LogP contribution is 2.29. The van der Waals surface area contributed by atoms with E-state index in [0.29, 0.717) is 19.5 Å². The molecule has 2 atom stereocenters. The zero-order chi connectivity index (χ0) is 22.8. The fourth-order valence-electron chi connectivity index (χ4n) is 3.72. The van der Waals surface area contributed by atoms with E-state index in [1.165, 1.54) is 16.4 Å². The van der Waals surface area contributed by atoms with Crippen LogP contribution in [0.5, 0.6) is 0 Å². The van der Waals surface area contributed by atoms with Gasteiger partial charge in [-0.15, -0.1) is 0 Å². The number of hydrogen-bond donors (Lipinski definition) is 1. The number of carbonyl (C=O) groups excluding carboxylic acids is 2. The summed E-state index contributed by atoms with van der Waals surface area (Å²) in [4.78, 5) is 24.1. The molecule has 0 spiro atoms. The highest BCUT2D eigenvalue weighted by molar-refractivity contribution is 7.91. The quantitative estimate of drug-likeness (QED) is 0.591. The average molecular weight is 493 g/mol. The third-order valence-electron chi connectivity index (χ3n) is 5.34. The van der Waals surface area contributed by atoms with Gasteiger partial charge in [0.15, 0.2) is 16.4 Å². The lowest BCUT2D eigenvalue weighted by Crippen LogP contribution is -2.39. The summed E-state index contributed by atoms with van der Waals surface area (Å²) in [5.41, 5.74) is -0.0516. The predicted octanol–water partition coefficient (Wildman–Crippen LogP) is 1.22. The first-order valence-corrected chi connectivity index (χ1v) is 13.6. The molecule has 2 aliphatic rings. The fraction of sp³-hybridized carbons (Fsp3) is 0.579. The number of sulfonamides is 1. The molecule has 9 nitrogen and oxygen atoms in total. The van der Waals surface area contributed by atoms with Crippen LogP contribution >= 0.6 is 11.6 Å². The van der Waals surface area contributed by atoms with Crippen molar-refractivity contribution in [3.63, 3.8) is 0 Å². The van der Waals surface area contributed by atoms with E-state index in [4.69, 9.17) is 16.3 Å². The van der Waals surface area contributed by atoms with Crippen LogP contribution in [-0.2, 0) is 29.4 Å². The Morgan fingerprint density at radius 2 is 2.03 bits per heavy atom. The van der Waals surface area contributed by atoms with Gasteiger partial charge in [-0.25, -0.2) is 21.6 Å². The standard InChI is InChI=1S/C19H25ClN2O7S2/c1-13-3-2-7-22(10-13)31(27,28)17-9-14(4-5-16(17)20)19(24)29-11-18(23)21-15-6-8-30(25,26)12-15/h4-5,9,13,15H,2-3,6-8,10-12H2,1H3,(H,21,23). The average Bonchev–Trinajstić information content (AvgIpc) is 3.04. The number of nitrogens with zero attached hydrogens (tertiary/aromatic N) is 1. The molecule has 2 fully saturated rings. The molecular weight excluding hydrogens is 468 g/mol. The van der Waals surface area contributed by atoms with Gasteiger partial charge in [-0.3, -0.25) is 4.79 Å². The number of benzene rings is 1. The molecule has 3 rings (SSSR count). The van der Waals surface area contributed by atoms with Crippen molar-refractivity contribution in [1.29, 1.82) is 0 Å². The highest BCUT2D eigenvalue weighted by atomic mass is 35.5. The van der Waals surface area contributed by atoms with Gasteiger partial charge in [0, 0.05) is 19.1 Å². The van der Waals surface area contributed by atoms with Crippen molar-refractivity contribution in [3.05, 3.63) is 28.8 Å². The number of piperidine rings is 1. The number of rotatable bonds is 6. The van der Waals surface area contributed by atoms with Crippen molar-refractivity contribution < 1.29 is 31.2 Å². The van der Waals surface area contributed by atoms with Gasteiger partial charge in [0.2, 0.25) is 10.0 Å². The Balaban J connectivity index is 1.65. The van der Waals surface area contributed by atoms with Crippen LogP contribution in [0.1, 0.15) is 36.5 Å². The van der Waals surface area contributed by atoms with Crippen LogP contribution in [0.2, 0.25) is 5.02 Å². The Bertz CT molecular complexity index is 1070. The Hall–Kier alpha value is -1.69. The van der Waals surface area contributed by atoms with Crippen LogP contribution in [0.15, 0.2) is 23.1 Å². The maximum Gasteiger partial charge on any atom is 0.338 e. The molecule has 0 aromatic heterocycles. The molecule has 0 saturated carbocycles. The molecule has 1 aromatic rings. The smallest absolute Gasteiger partial charge is 0.338 e. The second-order valence-corrected chi connectivity index (χ2v) is 12.5. The van der Waals surface area contributed by atoms with Gasteiger partial charge >= 0.3 is 5.97 Å². The molecule has 0 radical (unpaired) electrons. The Morgan fingerprint density at radius 1 is 1.29 bits per heavy atom. The molecule has 31 heavy (non-hydrogen) atoms. The molecule has 2 heterocycles. The number of esters is 1. The second-order valence-electron chi connectivity index (χ2n) is 8.00. The molecule has 2 aliphatic heterocycles. The Kier molecular flexibility index (Phi) is 7.29. The van der Waals surface area contributed by atoms with E-state index in [-0.39, 0.29) is 32.9 Å². The highest BCUT2D eigenvalue weighted by Gasteiger charge is 2.31. The summed E-state index contributed by atoms with van der Waals surface area (Å²) in [5.74, 6) is -1.41. The summed E-state index contributed by atoms with van der Waals surface area (Å²) in [6.45, 7) is 2.13. The first-order chi connectivity index (χ1) is 14.5. The fourth-order valence-corrected chi connectivity index (χ4v) is 7.50. The molecule has 12 heteroatoms. The molecule has 1 amide bonds. The maximum atomic E-state index is 13.0. The molecule has 2 saturated heterocycles. The lowest BCUT2D eigenvalue weighted by atomic mass is 10.0. The van der Waals surface area contributed by atoms with Crippen molar-refractivity contribution in [2.75, 3.05) is 31.2 Å². The van der Waals surface area contributed by atoms with Crippen LogP contribution in [-0.4, -0.2) is 70.3 Å². The Labute approximate surface area is 187 Å². The maximum absolute atomic E-state index is 13.0. The van der Waals surface area contributed by atoms with Crippen LogP contribution in [0.3, 0.4) is 0 Å². The van der Waals surface area contributed by atoms with Gasteiger partial charge in [0.05, 0.1) is 22.1 Å². The Morgan fingerprint density at radius 3 is 2.68 bits per heavy atom. The summed E-state index contributed by atoms with van der Waals surface area (Å²) < 4.78 is 55.3. The van der Waals surface area contributed by atoms with E-state index >= 15 is 0 Å².